The Hall–Kier alpha value is -3.40. The highest BCUT2D eigenvalue weighted by Gasteiger charge is 2.11. The van der Waals surface area contributed by atoms with Crippen LogP contribution in [-0.2, 0) is 22.4 Å². The third-order valence-electron chi connectivity index (χ3n) is 4.93. The van der Waals surface area contributed by atoms with Gasteiger partial charge in [0.25, 0.3) is 0 Å². The molecule has 4 nitrogen and oxygen atoms in total. The first-order valence-electron chi connectivity index (χ1n) is 9.94. The Balaban J connectivity index is 1.73. The second kappa shape index (κ2) is 9.40. The van der Waals surface area contributed by atoms with E-state index in [-0.39, 0.29) is 11.5 Å². The number of carbonyl (C=O) groups is 2. The van der Waals surface area contributed by atoms with Crippen LogP contribution in [0, 0.1) is 13.8 Å². The molecule has 0 aliphatic rings. The molecule has 0 heterocycles. The molecular weight excluding hydrogens is 376 g/mol. The van der Waals surface area contributed by atoms with Crippen molar-refractivity contribution in [3.05, 3.63) is 94.0 Å². The summed E-state index contributed by atoms with van der Waals surface area (Å²) in [5.74, 6) is -0.432. The number of esters is 2. The largest absolute Gasteiger partial charge is 0.423 e. The minimum absolute atomic E-state index is 0.241. The van der Waals surface area contributed by atoms with Crippen molar-refractivity contribution in [2.24, 2.45) is 0 Å². The van der Waals surface area contributed by atoms with Crippen molar-refractivity contribution in [1.29, 1.82) is 0 Å². The van der Waals surface area contributed by atoms with Gasteiger partial charge in [-0.1, -0.05) is 48.5 Å². The summed E-state index contributed by atoms with van der Waals surface area (Å²) in [4.78, 5) is 22.6. The van der Waals surface area contributed by atoms with Gasteiger partial charge in [-0.3, -0.25) is 9.59 Å². The van der Waals surface area contributed by atoms with Gasteiger partial charge in [0.05, 0.1) is 0 Å². The molecule has 30 heavy (non-hydrogen) atoms. The van der Waals surface area contributed by atoms with Crippen molar-refractivity contribution >= 4 is 11.9 Å². The molecule has 0 saturated carbocycles. The van der Waals surface area contributed by atoms with Gasteiger partial charge in [-0.25, -0.2) is 0 Å². The number of aryl methyl sites for hydroxylation is 2. The van der Waals surface area contributed by atoms with Crippen molar-refractivity contribution in [1.82, 2.24) is 0 Å². The van der Waals surface area contributed by atoms with E-state index in [9.17, 15) is 9.59 Å². The zero-order valence-electron chi connectivity index (χ0n) is 17.8. The van der Waals surface area contributed by atoms with Crippen LogP contribution in [0.1, 0.15) is 47.2 Å². The molecule has 3 rings (SSSR count). The van der Waals surface area contributed by atoms with Gasteiger partial charge in [0.15, 0.2) is 11.5 Å². The van der Waals surface area contributed by atoms with E-state index in [0.29, 0.717) is 6.42 Å². The lowest BCUT2D eigenvalue weighted by Gasteiger charge is -2.11. The van der Waals surface area contributed by atoms with Gasteiger partial charge in [-0.15, -0.1) is 0 Å². The Morgan fingerprint density at radius 3 is 1.60 bits per heavy atom. The molecule has 0 bridgehead atoms. The van der Waals surface area contributed by atoms with Crippen molar-refractivity contribution in [2.75, 3.05) is 0 Å². The lowest BCUT2D eigenvalue weighted by Crippen LogP contribution is -2.07. The number of ether oxygens (including phenoxy) is 2. The van der Waals surface area contributed by atoms with Crippen LogP contribution in [0.15, 0.2) is 60.7 Å². The fourth-order valence-corrected chi connectivity index (χ4v) is 3.30. The highest BCUT2D eigenvalue weighted by Crippen LogP contribution is 2.30. The zero-order valence-corrected chi connectivity index (χ0v) is 17.8. The Morgan fingerprint density at radius 2 is 1.07 bits per heavy atom. The Labute approximate surface area is 177 Å². The average molecular weight is 402 g/mol. The van der Waals surface area contributed by atoms with Gasteiger partial charge in [0.1, 0.15) is 0 Å². The molecule has 0 spiro atoms. The third kappa shape index (κ3) is 5.80. The number of rotatable bonds is 6. The minimum Gasteiger partial charge on any atom is -0.423 e. The van der Waals surface area contributed by atoms with Gasteiger partial charge in [0.2, 0.25) is 0 Å². The SMILES string of the molecule is CC(=O)Oc1ccc(Cc2ccc(Cc3ccc(C)c(C)c3)cc2)cc1OC(C)=O. The molecule has 0 N–H and O–H groups in total. The van der Waals surface area contributed by atoms with Crippen molar-refractivity contribution in [2.45, 2.75) is 40.5 Å². The van der Waals surface area contributed by atoms with E-state index in [1.165, 1.54) is 36.1 Å². The van der Waals surface area contributed by atoms with E-state index in [4.69, 9.17) is 9.47 Å². The zero-order chi connectivity index (χ0) is 21.7. The van der Waals surface area contributed by atoms with Crippen LogP contribution in [0.4, 0.5) is 0 Å². The first-order valence-corrected chi connectivity index (χ1v) is 9.94. The Bertz CT molecular complexity index is 1060. The molecule has 4 heteroatoms. The number of benzene rings is 3. The lowest BCUT2D eigenvalue weighted by atomic mass is 9.98. The molecule has 0 aliphatic carbocycles. The molecule has 0 amide bonds. The molecule has 0 atom stereocenters. The van der Waals surface area contributed by atoms with E-state index in [2.05, 4.69) is 56.3 Å². The standard InChI is InChI=1S/C26H26O4/c1-17-5-6-23(13-18(17)2)14-21-7-9-22(10-8-21)15-24-11-12-25(29-19(3)27)26(16-24)30-20(4)28/h5-13,16H,14-15H2,1-4H3. The molecule has 3 aromatic rings. The van der Waals surface area contributed by atoms with E-state index in [1.807, 2.05) is 6.07 Å². The smallest absolute Gasteiger partial charge is 0.308 e. The molecule has 0 unspecified atom stereocenters. The van der Waals surface area contributed by atoms with E-state index in [1.54, 1.807) is 12.1 Å². The van der Waals surface area contributed by atoms with Crippen LogP contribution in [-0.4, -0.2) is 11.9 Å². The maximum Gasteiger partial charge on any atom is 0.308 e. The van der Waals surface area contributed by atoms with Crippen LogP contribution in [0.2, 0.25) is 0 Å². The molecule has 0 fully saturated rings. The normalized spacial score (nSPS) is 10.5. The maximum absolute atomic E-state index is 11.4. The van der Waals surface area contributed by atoms with Crippen molar-refractivity contribution in [3.63, 3.8) is 0 Å². The maximum atomic E-state index is 11.4. The molecule has 0 aliphatic heterocycles. The van der Waals surface area contributed by atoms with Crippen molar-refractivity contribution in [3.8, 4) is 11.5 Å². The van der Waals surface area contributed by atoms with Gasteiger partial charge < -0.3 is 9.47 Å². The summed E-state index contributed by atoms with van der Waals surface area (Å²) in [6, 6.07) is 20.4. The molecular formula is C26H26O4. The van der Waals surface area contributed by atoms with Gasteiger partial charge >= 0.3 is 11.9 Å². The average Bonchev–Trinajstić information content (AvgIpc) is 2.67. The highest BCUT2D eigenvalue weighted by atomic mass is 16.6. The van der Waals surface area contributed by atoms with E-state index in [0.717, 1.165) is 17.5 Å². The summed E-state index contributed by atoms with van der Waals surface area (Å²) in [5, 5.41) is 0. The van der Waals surface area contributed by atoms with Gasteiger partial charge in [-0.2, -0.15) is 0 Å². The topological polar surface area (TPSA) is 52.6 Å². The van der Waals surface area contributed by atoms with Gasteiger partial charge in [-0.05, 0) is 72.2 Å². The fourth-order valence-electron chi connectivity index (χ4n) is 3.30. The predicted octanol–water partition coefficient (Wildman–Crippen LogP) is 5.34. The lowest BCUT2D eigenvalue weighted by molar-refractivity contribution is -0.134. The monoisotopic (exact) mass is 402 g/mol. The number of hydrogen-bond donors (Lipinski definition) is 0. The summed E-state index contributed by atoms with van der Waals surface area (Å²) in [5.41, 5.74) is 7.29. The summed E-state index contributed by atoms with van der Waals surface area (Å²) in [7, 11) is 0. The van der Waals surface area contributed by atoms with Crippen LogP contribution < -0.4 is 9.47 Å². The van der Waals surface area contributed by atoms with Crippen molar-refractivity contribution < 1.29 is 19.1 Å². The third-order valence-corrected chi connectivity index (χ3v) is 4.93. The summed E-state index contributed by atoms with van der Waals surface area (Å²) in [6.07, 6.45) is 1.58. The highest BCUT2D eigenvalue weighted by molar-refractivity contribution is 5.73. The Kier molecular flexibility index (Phi) is 6.68. The first-order chi connectivity index (χ1) is 14.3. The fraction of sp³-hybridized carbons (Fsp3) is 0.231. The molecule has 3 aromatic carbocycles. The quantitative estimate of drug-likeness (QED) is 0.413. The summed E-state index contributed by atoms with van der Waals surface area (Å²) in [6.45, 7) is 6.89. The number of carbonyl (C=O) groups excluding carboxylic acids is 2. The summed E-state index contributed by atoms with van der Waals surface area (Å²) >= 11 is 0. The summed E-state index contributed by atoms with van der Waals surface area (Å²) < 4.78 is 10.3. The van der Waals surface area contributed by atoms with Crippen LogP contribution >= 0.6 is 0 Å². The van der Waals surface area contributed by atoms with E-state index >= 15 is 0 Å². The van der Waals surface area contributed by atoms with Crippen LogP contribution in [0.5, 0.6) is 11.5 Å². The minimum atomic E-state index is -0.462. The van der Waals surface area contributed by atoms with E-state index < -0.39 is 11.9 Å². The second-order valence-corrected chi connectivity index (χ2v) is 7.56. The van der Waals surface area contributed by atoms with Crippen LogP contribution in [0.25, 0.3) is 0 Å². The first kappa shape index (κ1) is 21.3. The molecule has 154 valence electrons. The van der Waals surface area contributed by atoms with Gasteiger partial charge in [0, 0.05) is 13.8 Å². The number of hydrogen-bond acceptors (Lipinski definition) is 4. The molecule has 0 saturated heterocycles. The Morgan fingerprint density at radius 1 is 0.600 bits per heavy atom. The van der Waals surface area contributed by atoms with Crippen LogP contribution in [0.3, 0.4) is 0 Å². The molecule has 0 radical (unpaired) electrons. The molecule has 0 aromatic heterocycles. The second-order valence-electron chi connectivity index (χ2n) is 7.56. The predicted molar refractivity (Wildman–Crippen MR) is 117 cm³/mol.